The summed E-state index contributed by atoms with van der Waals surface area (Å²) in [6.45, 7) is 0.853. The molecule has 6 nitrogen and oxygen atoms in total. The Hall–Kier alpha value is -2.51. The first-order valence-corrected chi connectivity index (χ1v) is 8.53. The van der Waals surface area contributed by atoms with Gasteiger partial charge in [0.15, 0.2) is 10.9 Å². The number of halogens is 2. The third-order valence-electron chi connectivity index (χ3n) is 3.77. The topological polar surface area (TPSA) is 81.0 Å². The van der Waals surface area contributed by atoms with Crippen LogP contribution < -0.4 is 0 Å². The van der Waals surface area contributed by atoms with Crippen LogP contribution >= 0.6 is 11.6 Å². The van der Waals surface area contributed by atoms with Gasteiger partial charge >= 0.3 is 0 Å². The summed E-state index contributed by atoms with van der Waals surface area (Å²) in [6.07, 6.45) is 2.81. The summed E-state index contributed by atoms with van der Waals surface area (Å²) in [5, 5.41) is 3.90. The first-order valence-electron chi connectivity index (χ1n) is 8.16. The van der Waals surface area contributed by atoms with Gasteiger partial charge in [0.05, 0.1) is 17.9 Å². The molecule has 1 N–H and O–H groups in total. The normalized spacial score (nSPS) is 11.0. The van der Waals surface area contributed by atoms with Crippen molar-refractivity contribution >= 4 is 17.4 Å². The number of imidazole rings is 1. The zero-order valence-electron chi connectivity index (χ0n) is 13.9. The van der Waals surface area contributed by atoms with E-state index in [0.717, 1.165) is 0 Å². The molecule has 136 valence electrons. The molecule has 0 atom stereocenters. The highest BCUT2D eigenvalue weighted by molar-refractivity contribution is 6.30. The second kappa shape index (κ2) is 8.73. The largest absolute Gasteiger partial charge is 0.381 e. The monoisotopic (exact) mass is 377 g/mol. The number of hydrogen-bond donors (Lipinski definition) is 1. The number of rotatable bonds is 9. The van der Waals surface area contributed by atoms with E-state index in [9.17, 15) is 9.18 Å². The highest BCUT2D eigenvalue weighted by atomic mass is 35.5. The number of carbonyl (C=O) groups is 1. The van der Waals surface area contributed by atoms with E-state index in [0.29, 0.717) is 60.4 Å². The molecule has 0 spiro atoms. The zero-order valence-corrected chi connectivity index (χ0v) is 14.6. The van der Waals surface area contributed by atoms with Gasteiger partial charge in [-0.3, -0.25) is 4.79 Å². The molecule has 0 saturated heterocycles. The van der Waals surface area contributed by atoms with Gasteiger partial charge in [-0.1, -0.05) is 28.9 Å². The molecular formula is C18H17ClFN3O3. The quantitative estimate of drug-likeness (QED) is 0.449. The van der Waals surface area contributed by atoms with Crippen molar-refractivity contribution in [2.75, 3.05) is 13.2 Å². The van der Waals surface area contributed by atoms with Crippen LogP contribution in [0.2, 0.25) is 5.15 Å². The van der Waals surface area contributed by atoms with Crippen molar-refractivity contribution in [3.63, 3.8) is 0 Å². The summed E-state index contributed by atoms with van der Waals surface area (Å²) in [6, 6.07) is 7.89. The molecule has 0 unspecified atom stereocenters. The zero-order chi connectivity index (χ0) is 18.4. The van der Waals surface area contributed by atoms with Crippen molar-refractivity contribution < 1.29 is 18.4 Å². The molecule has 0 amide bonds. The summed E-state index contributed by atoms with van der Waals surface area (Å²) in [4.78, 5) is 18.9. The third-order valence-corrected chi connectivity index (χ3v) is 4.08. The average Bonchev–Trinajstić information content (AvgIpc) is 3.28. The Kier molecular flexibility index (Phi) is 6.14. The van der Waals surface area contributed by atoms with Crippen LogP contribution in [0.1, 0.15) is 29.0 Å². The Bertz CT molecular complexity index is 864. The maximum absolute atomic E-state index is 13.8. The molecule has 0 radical (unpaired) electrons. The predicted molar refractivity (Wildman–Crippen MR) is 93.6 cm³/mol. The fourth-order valence-corrected chi connectivity index (χ4v) is 2.66. The lowest BCUT2D eigenvalue weighted by Gasteiger charge is -2.03. The molecular weight excluding hydrogens is 361 g/mol. The molecule has 8 heteroatoms. The average molecular weight is 378 g/mol. The van der Waals surface area contributed by atoms with Gasteiger partial charge in [-0.2, -0.15) is 0 Å². The number of aromatic amines is 1. The molecule has 0 aliphatic rings. The number of ether oxygens (including phenoxy) is 1. The van der Waals surface area contributed by atoms with Crippen molar-refractivity contribution in [2.45, 2.75) is 19.3 Å². The lowest BCUT2D eigenvalue weighted by atomic mass is 10.2. The SMILES string of the molecule is O=C(CCCOCCc1[nH]c(-c2ccccc2F)nc1Cl)c1ccon1. The van der Waals surface area contributed by atoms with Gasteiger partial charge in [0, 0.05) is 25.5 Å². The fourth-order valence-electron chi connectivity index (χ4n) is 2.43. The van der Waals surface area contributed by atoms with Gasteiger partial charge in [0.1, 0.15) is 23.6 Å². The van der Waals surface area contributed by atoms with Crippen LogP contribution in [0, 0.1) is 5.82 Å². The van der Waals surface area contributed by atoms with Crippen molar-refractivity contribution in [3.8, 4) is 11.4 Å². The molecule has 0 aliphatic heterocycles. The molecule has 2 aromatic heterocycles. The van der Waals surface area contributed by atoms with E-state index in [1.165, 1.54) is 18.4 Å². The number of nitrogens with zero attached hydrogens (tertiary/aromatic N) is 2. The second-order valence-electron chi connectivity index (χ2n) is 5.61. The van der Waals surface area contributed by atoms with Gasteiger partial charge < -0.3 is 14.2 Å². The molecule has 3 rings (SSSR count). The Balaban J connectivity index is 1.43. The van der Waals surface area contributed by atoms with Crippen molar-refractivity contribution in [1.82, 2.24) is 15.1 Å². The van der Waals surface area contributed by atoms with Gasteiger partial charge in [-0.25, -0.2) is 9.37 Å². The van der Waals surface area contributed by atoms with Gasteiger partial charge in [-0.05, 0) is 18.6 Å². The van der Waals surface area contributed by atoms with Crippen LogP contribution in [0.5, 0.6) is 0 Å². The van der Waals surface area contributed by atoms with E-state index in [4.69, 9.17) is 16.3 Å². The number of H-pyrrole nitrogens is 1. The minimum atomic E-state index is -0.363. The van der Waals surface area contributed by atoms with Crippen LogP contribution in [0.15, 0.2) is 41.1 Å². The fraction of sp³-hybridized carbons (Fsp3) is 0.278. The van der Waals surface area contributed by atoms with Gasteiger partial charge in [0.2, 0.25) is 0 Å². The highest BCUT2D eigenvalue weighted by Crippen LogP contribution is 2.23. The number of aromatic nitrogens is 3. The Morgan fingerprint density at radius 1 is 1.27 bits per heavy atom. The smallest absolute Gasteiger partial charge is 0.184 e. The Labute approximate surface area is 154 Å². The molecule has 0 saturated carbocycles. The van der Waals surface area contributed by atoms with Gasteiger partial charge in [-0.15, -0.1) is 0 Å². The predicted octanol–water partition coefficient (Wildman–Crippen LogP) is 4.08. The molecule has 0 fully saturated rings. The van der Waals surface area contributed by atoms with Crippen molar-refractivity contribution in [1.29, 1.82) is 0 Å². The van der Waals surface area contributed by atoms with Crippen LogP contribution in [-0.4, -0.2) is 34.1 Å². The molecule has 0 aliphatic carbocycles. The number of ketones is 1. The van der Waals surface area contributed by atoms with Crippen LogP contribution in [0.3, 0.4) is 0 Å². The van der Waals surface area contributed by atoms with E-state index in [2.05, 4.69) is 19.6 Å². The minimum absolute atomic E-state index is 0.0755. The highest BCUT2D eigenvalue weighted by Gasteiger charge is 2.13. The molecule has 3 aromatic rings. The molecule has 2 heterocycles. The molecule has 26 heavy (non-hydrogen) atoms. The van der Waals surface area contributed by atoms with E-state index < -0.39 is 0 Å². The van der Waals surface area contributed by atoms with Crippen molar-refractivity contribution in [3.05, 3.63) is 59.0 Å². The Morgan fingerprint density at radius 2 is 2.12 bits per heavy atom. The van der Waals surface area contributed by atoms with Crippen molar-refractivity contribution in [2.24, 2.45) is 0 Å². The third kappa shape index (κ3) is 4.56. The maximum Gasteiger partial charge on any atom is 0.184 e. The summed E-state index contributed by atoms with van der Waals surface area (Å²) in [5.41, 5.74) is 1.38. The Morgan fingerprint density at radius 3 is 2.88 bits per heavy atom. The second-order valence-corrected chi connectivity index (χ2v) is 5.97. The van der Waals surface area contributed by atoms with E-state index in [1.807, 2.05) is 0 Å². The maximum atomic E-state index is 13.8. The number of nitrogens with one attached hydrogen (secondary N) is 1. The summed E-state index contributed by atoms with van der Waals surface area (Å²) < 4.78 is 24.0. The number of hydrogen-bond acceptors (Lipinski definition) is 5. The number of Topliss-reactive ketones (excluding diaryl/α,β-unsaturated/α-hetero) is 1. The first kappa shape index (κ1) is 18.3. The van der Waals surface area contributed by atoms with E-state index in [1.54, 1.807) is 18.2 Å². The van der Waals surface area contributed by atoms with Crippen LogP contribution in [-0.2, 0) is 11.2 Å². The lowest BCUT2D eigenvalue weighted by Crippen LogP contribution is -2.05. The van der Waals surface area contributed by atoms with Crippen LogP contribution in [0.25, 0.3) is 11.4 Å². The summed E-state index contributed by atoms with van der Waals surface area (Å²) >= 11 is 6.11. The van der Waals surface area contributed by atoms with Gasteiger partial charge in [0.25, 0.3) is 0 Å². The minimum Gasteiger partial charge on any atom is -0.381 e. The molecule has 1 aromatic carbocycles. The summed E-state index contributed by atoms with van der Waals surface area (Å²) in [5.74, 6) is -0.0488. The number of benzene rings is 1. The van der Waals surface area contributed by atoms with Crippen LogP contribution in [0.4, 0.5) is 4.39 Å². The number of carbonyl (C=O) groups excluding carboxylic acids is 1. The first-order chi connectivity index (χ1) is 12.6. The van der Waals surface area contributed by atoms with E-state index >= 15 is 0 Å². The lowest BCUT2D eigenvalue weighted by molar-refractivity contribution is 0.0931. The van der Waals surface area contributed by atoms with E-state index in [-0.39, 0.29) is 11.6 Å². The standard InChI is InChI=1S/C18H17ClFN3O3/c19-17-15(21-18(22-17)12-4-1-2-5-13(12)20)7-10-25-9-3-6-16(24)14-8-11-26-23-14/h1-2,4-5,8,11H,3,6-7,9-10H2,(H,21,22). The molecule has 0 bridgehead atoms. The summed E-state index contributed by atoms with van der Waals surface area (Å²) in [7, 11) is 0.